The Kier molecular flexibility index (Phi) is 6.36. The summed E-state index contributed by atoms with van der Waals surface area (Å²) in [7, 11) is 0. The molecule has 0 radical (unpaired) electrons. The van der Waals surface area contributed by atoms with Crippen LogP contribution >= 0.6 is 15.9 Å². The third-order valence-electron chi connectivity index (χ3n) is 2.26. The first-order valence-corrected chi connectivity index (χ1v) is 6.81. The maximum absolute atomic E-state index is 11.5. The van der Waals surface area contributed by atoms with Crippen molar-refractivity contribution < 1.29 is 14.3 Å². The molecule has 0 unspecified atom stereocenters. The molecular weight excluding hydrogens is 296 g/mol. The lowest BCUT2D eigenvalue weighted by atomic mass is 10.1. The summed E-state index contributed by atoms with van der Waals surface area (Å²) in [4.78, 5) is 11.5. The quantitative estimate of drug-likeness (QED) is 0.568. The fourth-order valence-corrected chi connectivity index (χ4v) is 1.79. The minimum atomic E-state index is -0.00519. The first-order chi connectivity index (χ1) is 8.50. The van der Waals surface area contributed by atoms with Crippen LogP contribution in [0.2, 0.25) is 0 Å². The van der Waals surface area contributed by atoms with Crippen LogP contribution < -0.4 is 4.74 Å². The predicted molar refractivity (Wildman–Crippen MR) is 75.3 cm³/mol. The van der Waals surface area contributed by atoms with E-state index in [1.807, 2.05) is 6.07 Å². The van der Waals surface area contributed by atoms with E-state index in [1.165, 1.54) is 6.92 Å². The number of Topliss-reactive ketones (excluding diaryl/α,β-unsaturated/α-hetero) is 1. The van der Waals surface area contributed by atoms with Crippen LogP contribution in [0.25, 0.3) is 0 Å². The maximum atomic E-state index is 11.5. The van der Waals surface area contributed by atoms with Crippen molar-refractivity contribution in [1.29, 1.82) is 0 Å². The SMILES string of the molecule is CC(=O)c1cc(Br)ccc1OCCOCC(C)C. The van der Waals surface area contributed by atoms with Crippen molar-refractivity contribution >= 4 is 21.7 Å². The van der Waals surface area contributed by atoms with Gasteiger partial charge in [0.1, 0.15) is 12.4 Å². The summed E-state index contributed by atoms with van der Waals surface area (Å²) in [5.74, 6) is 1.12. The minimum Gasteiger partial charge on any atom is -0.490 e. The molecule has 0 aliphatic rings. The summed E-state index contributed by atoms with van der Waals surface area (Å²) in [6, 6.07) is 5.42. The maximum Gasteiger partial charge on any atom is 0.163 e. The number of ketones is 1. The van der Waals surface area contributed by atoms with Crippen LogP contribution in [0, 0.1) is 5.92 Å². The van der Waals surface area contributed by atoms with Crippen LogP contribution in [0.5, 0.6) is 5.75 Å². The molecule has 1 aromatic carbocycles. The molecule has 0 saturated carbocycles. The Hall–Kier alpha value is -0.870. The lowest BCUT2D eigenvalue weighted by Gasteiger charge is -2.11. The molecule has 4 heteroatoms. The number of hydrogen-bond acceptors (Lipinski definition) is 3. The van der Waals surface area contributed by atoms with Gasteiger partial charge in [-0.2, -0.15) is 0 Å². The van der Waals surface area contributed by atoms with Gasteiger partial charge in [-0.15, -0.1) is 0 Å². The number of hydrogen-bond donors (Lipinski definition) is 0. The smallest absolute Gasteiger partial charge is 0.163 e. The molecule has 18 heavy (non-hydrogen) atoms. The van der Waals surface area contributed by atoms with Crippen LogP contribution in [-0.4, -0.2) is 25.6 Å². The predicted octanol–water partition coefficient (Wildman–Crippen LogP) is 3.70. The third-order valence-corrected chi connectivity index (χ3v) is 2.75. The fraction of sp³-hybridized carbons (Fsp3) is 0.500. The van der Waals surface area contributed by atoms with Crippen molar-refractivity contribution in [2.24, 2.45) is 5.92 Å². The van der Waals surface area contributed by atoms with Gasteiger partial charge in [-0.1, -0.05) is 29.8 Å². The lowest BCUT2D eigenvalue weighted by Crippen LogP contribution is -2.11. The highest BCUT2D eigenvalue weighted by molar-refractivity contribution is 9.10. The van der Waals surface area contributed by atoms with Gasteiger partial charge in [0.2, 0.25) is 0 Å². The Labute approximate surface area is 117 Å². The van der Waals surface area contributed by atoms with Gasteiger partial charge in [-0.05, 0) is 31.0 Å². The van der Waals surface area contributed by atoms with Crippen molar-refractivity contribution in [3.63, 3.8) is 0 Å². The number of benzene rings is 1. The standard InChI is InChI=1S/C14H19BrO3/c1-10(2)9-17-6-7-18-14-5-4-12(15)8-13(14)11(3)16/h4-5,8,10H,6-7,9H2,1-3H3. The van der Waals surface area contributed by atoms with Crippen molar-refractivity contribution in [1.82, 2.24) is 0 Å². The number of carbonyl (C=O) groups excluding carboxylic acids is 1. The molecule has 0 atom stereocenters. The highest BCUT2D eigenvalue weighted by Gasteiger charge is 2.09. The molecule has 1 rings (SSSR count). The molecule has 0 saturated heterocycles. The summed E-state index contributed by atoms with van der Waals surface area (Å²) in [5, 5.41) is 0. The summed E-state index contributed by atoms with van der Waals surface area (Å²) in [6.07, 6.45) is 0. The molecule has 1 aromatic rings. The van der Waals surface area contributed by atoms with Crippen LogP contribution in [0.1, 0.15) is 31.1 Å². The molecule has 0 spiro atoms. The molecule has 0 amide bonds. The van der Waals surface area contributed by atoms with Crippen molar-refractivity contribution in [3.8, 4) is 5.75 Å². The van der Waals surface area contributed by atoms with E-state index >= 15 is 0 Å². The lowest BCUT2D eigenvalue weighted by molar-refractivity contribution is 0.0810. The summed E-state index contributed by atoms with van der Waals surface area (Å²) < 4.78 is 11.9. The first kappa shape index (κ1) is 15.2. The van der Waals surface area contributed by atoms with Gasteiger partial charge < -0.3 is 9.47 Å². The second-order valence-corrected chi connectivity index (χ2v) is 5.43. The Balaban J connectivity index is 2.49. The third kappa shape index (κ3) is 5.19. The molecule has 3 nitrogen and oxygen atoms in total. The topological polar surface area (TPSA) is 35.5 Å². The molecule has 0 N–H and O–H groups in total. The van der Waals surface area contributed by atoms with E-state index in [-0.39, 0.29) is 5.78 Å². The minimum absolute atomic E-state index is 0.00519. The summed E-state index contributed by atoms with van der Waals surface area (Å²) in [5.41, 5.74) is 0.591. The molecule has 0 aliphatic heterocycles. The molecular formula is C14H19BrO3. The van der Waals surface area contributed by atoms with E-state index < -0.39 is 0 Å². The van der Waals surface area contributed by atoms with E-state index in [9.17, 15) is 4.79 Å². The van der Waals surface area contributed by atoms with Crippen LogP contribution in [-0.2, 0) is 4.74 Å². The van der Waals surface area contributed by atoms with E-state index in [0.29, 0.717) is 30.4 Å². The molecule has 0 fully saturated rings. The van der Waals surface area contributed by atoms with E-state index in [0.717, 1.165) is 11.1 Å². The van der Waals surface area contributed by atoms with Gasteiger partial charge in [0.05, 0.1) is 12.2 Å². The largest absolute Gasteiger partial charge is 0.490 e. The Bertz CT molecular complexity index is 402. The summed E-state index contributed by atoms with van der Waals surface area (Å²) >= 11 is 3.34. The van der Waals surface area contributed by atoms with Gasteiger partial charge >= 0.3 is 0 Å². The Morgan fingerprint density at radius 3 is 2.67 bits per heavy atom. The van der Waals surface area contributed by atoms with Gasteiger partial charge in [-0.3, -0.25) is 4.79 Å². The number of rotatable bonds is 7. The van der Waals surface area contributed by atoms with E-state index in [2.05, 4.69) is 29.8 Å². The Morgan fingerprint density at radius 1 is 1.33 bits per heavy atom. The fourth-order valence-electron chi connectivity index (χ4n) is 1.43. The first-order valence-electron chi connectivity index (χ1n) is 6.01. The normalized spacial score (nSPS) is 10.7. The average Bonchev–Trinajstić information content (AvgIpc) is 2.29. The number of halogens is 1. The molecule has 100 valence electrons. The number of carbonyl (C=O) groups is 1. The molecule has 0 aliphatic carbocycles. The highest BCUT2D eigenvalue weighted by Crippen LogP contribution is 2.23. The van der Waals surface area contributed by atoms with Gasteiger partial charge in [0, 0.05) is 11.1 Å². The van der Waals surface area contributed by atoms with Crippen LogP contribution in [0.4, 0.5) is 0 Å². The molecule has 0 aromatic heterocycles. The zero-order valence-electron chi connectivity index (χ0n) is 11.0. The average molecular weight is 315 g/mol. The van der Waals surface area contributed by atoms with Crippen LogP contribution in [0.15, 0.2) is 22.7 Å². The number of ether oxygens (including phenoxy) is 2. The zero-order chi connectivity index (χ0) is 13.5. The highest BCUT2D eigenvalue weighted by atomic mass is 79.9. The van der Waals surface area contributed by atoms with Gasteiger partial charge in [0.25, 0.3) is 0 Å². The van der Waals surface area contributed by atoms with E-state index in [1.54, 1.807) is 12.1 Å². The van der Waals surface area contributed by atoms with Crippen molar-refractivity contribution in [2.45, 2.75) is 20.8 Å². The zero-order valence-corrected chi connectivity index (χ0v) is 12.6. The van der Waals surface area contributed by atoms with E-state index in [4.69, 9.17) is 9.47 Å². The van der Waals surface area contributed by atoms with Gasteiger partial charge in [-0.25, -0.2) is 0 Å². The second-order valence-electron chi connectivity index (χ2n) is 4.51. The van der Waals surface area contributed by atoms with Crippen molar-refractivity contribution in [3.05, 3.63) is 28.2 Å². The van der Waals surface area contributed by atoms with Crippen molar-refractivity contribution in [2.75, 3.05) is 19.8 Å². The monoisotopic (exact) mass is 314 g/mol. The van der Waals surface area contributed by atoms with Gasteiger partial charge in [0.15, 0.2) is 5.78 Å². The van der Waals surface area contributed by atoms with Crippen LogP contribution in [0.3, 0.4) is 0 Å². The molecule has 0 bridgehead atoms. The Morgan fingerprint density at radius 2 is 2.06 bits per heavy atom. The summed E-state index contributed by atoms with van der Waals surface area (Å²) in [6.45, 7) is 7.44. The molecule has 0 heterocycles. The second kappa shape index (κ2) is 7.54.